The Labute approximate surface area is 110 Å². The number of nitrogens with zero attached hydrogens (tertiary/aromatic N) is 2. The molecule has 6 nitrogen and oxygen atoms in total. The van der Waals surface area contributed by atoms with Crippen molar-refractivity contribution in [1.82, 2.24) is 20.3 Å². The molecule has 100 valence electrons. The van der Waals surface area contributed by atoms with Crippen molar-refractivity contribution in [2.24, 2.45) is 0 Å². The normalized spacial score (nSPS) is 17.7. The van der Waals surface area contributed by atoms with Crippen molar-refractivity contribution in [2.45, 2.75) is 31.3 Å². The van der Waals surface area contributed by atoms with Crippen molar-refractivity contribution in [3.63, 3.8) is 0 Å². The van der Waals surface area contributed by atoms with Crippen LogP contribution in [0.3, 0.4) is 0 Å². The van der Waals surface area contributed by atoms with Crippen LogP contribution in [-0.2, 0) is 0 Å². The predicted molar refractivity (Wildman–Crippen MR) is 69.6 cm³/mol. The fourth-order valence-electron chi connectivity index (χ4n) is 2.57. The smallest absolute Gasteiger partial charge is 0.255 e. The van der Waals surface area contributed by atoms with Crippen molar-refractivity contribution in [3.05, 3.63) is 24.2 Å². The molecule has 1 aliphatic carbocycles. The highest BCUT2D eigenvalue weighted by atomic mass is 16.3. The van der Waals surface area contributed by atoms with Gasteiger partial charge in [-0.15, -0.1) is 0 Å². The molecular formula is C13H16N4O2. The molecule has 0 spiro atoms. The van der Waals surface area contributed by atoms with Gasteiger partial charge in [-0.2, -0.15) is 0 Å². The Hall–Kier alpha value is -1.95. The van der Waals surface area contributed by atoms with E-state index in [1.54, 1.807) is 18.6 Å². The van der Waals surface area contributed by atoms with Gasteiger partial charge in [0, 0.05) is 25.1 Å². The van der Waals surface area contributed by atoms with Gasteiger partial charge in [-0.05, 0) is 12.8 Å². The first-order valence-electron chi connectivity index (χ1n) is 6.47. The third kappa shape index (κ3) is 2.31. The van der Waals surface area contributed by atoms with Crippen LogP contribution in [0.25, 0.3) is 11.2 Å². The first kappa shape index (κ1) is 12.1. The molecule has 1 saturated carbocycles. The minimum atomic E-state index is -0.743. The number of nitrogens with one attached hydrogen (secondary N) is 2. The third-order valence-corrected chi connectivity index (χ3v) is 3.66. The molecule has 0 bridgehead atoms. The number of aromatic amines is 1. The largest absolute Gasteiger partial charge is 0.388 e. The minimum absolute atomic E-state index is 0.230. The van der Waals surface area contributed by atoms with E-state index in [-0.39, 0.29) is 5.91 Å². The van der Waals surface area contributed by atoms with E-state index >= 15 is 0 Å². The second-order valence-electron chi connectivity index (χ2n) is 5.07. The van der Waals surface area contributed by atoms with E-state index in [0.717, 1.165) is 25.7 Å². The van der Waals surface area contributed by atoms with E-state index in [0.29, 0.717) is 23.3 Å². The number of carbonyl (C=O) groups excluding carboxylic acids is 1. The number of aliphatic hydroxyl groups is 1. The maximum atomic E-state index is 12.1. The zero-order valence-corrected chi connectivity index (χ0v) is 10.5. The number of hydrogen-bond acceptors (Lipinski definition) is 4. The number of aromatic nitrogens is 3. The highest BCUT2D eigenvalue weighted by Crippen LogP contribution is 2.28. The van der Waals surface area contributed by atoms with Gasteiger partial charge in [0.05, 0.1) is 11.2 Å². The number of H-pyrrole nitrogens is 1. The monoisotopic (exact) mass is 260 g/mol. The SMILES string of the molecule is O=C(NCC1(O)CCCC1)c1c[nH]c2nccnc12. The van der Waals surface area contributed by atoms with Crippen LogP contribution < -0.4 is 5.32 Å². The molecule has 3 N–H and O–H groups in total. The summed E-state index contributed by atoms with van der Waals surface area (Å²) in [6.07, 6.45) is 8.26. The van der Waals surface area contributed by atoms with Crippen LogP contribution in [0, 0.1) is 0 Å². The summed E-state index contributed by atoms with van der Waals surface area (Å²) >= 11 is 0. The fourth-order valence-corrected chi connectivity index (χ4v) is 2.57. The van der Waals surface area contributed by atoms with Crippen molar-refractivity contribution in [1.29, 1.82) is 0 Å². The molecular weight excluding hydrogens is 244 g/mol. The number of carbonyl (C=O) groups is 1. The Morgan fingerprint density at radius 2 is 2.11 bits per heavy atom. The van der Waals surface area contributed by atoms with Gasteiger partial charge in [0.1, 0.15) is 5.52 Å². The van der Waals surface area contributed by atoms with Crippen LogP contribution in [0.4, 0.5) is 0 Å². The summed E-state index contributed by atoms with van der Waals surface area (Å²) in [7, 11) is 0. The topological polar surface area (TPSA) is 90.9 Å². The summed E-state index contributed by atoms with van der Waals surface area (Å²) in [5.74, 6) is -0.230. The van der Waals surface area contributed by atoms with E-state index in [1.807, 2.05) is 0 Å². The summed E-state index contributed by atoms with van der Waals surface area (Å²) in [5.41, 5.74) is 0.864. The molecule has 1 aliphatic rings. The second kappa shape index (κ2) is 4.62. The lowest BCUT2D eigenvalue weighted by atomic mass is 10.0. The van der Waals surface area contributed by atoms with Crippen LogP contribution in [-0.4, -0.2) is 38.1 Å². The van der Waals surface area contributed by atoms with E-state index in [2.05, 4.69) is 20.3 Å². The predicted octanol–water partition coefficient (Wildman–Crippen LogP) is 0.993. The first-order chi connectivity index (χ1) is 9.18. The van der Waals surface area contributed by atoms with Crippen molar-refractivity contribution in [2.75, 3.05) is 6.54 Å². The van der Waals surface area contributed by atoms with Crippen LogP contribution in [0.2, 0.25) is 0 Å². The van der Waals surface area contributed by atoms with Crippen molar-refractivity contribution >= 4 is 17.1 Å². The first-order valence-corrected chi connectivity index (χ1v) is 6.47. The summed E-state index contributed by atoms with van der Waals surface area (Å²) in [4.78, 5) is 23.2. The van der Waals surface area contributed by atoms with Gasteiger partial charge in [0.25, 0.3) is 5.91 Å². The lowest BCUT2D eigenvalue weighted by molar-refractivity contribution is 0.0450. The molecule has 0 radical (unpaired) electrons. The lowest BCUT2D eigenvalue weighted by Gasteiger charge is -2.22. The Morgan fingerprint density at radius 1 is 1.37 bits per heavy atom. The second-order valence-corrected chi connectivity index (χ2v) is 5.07. The van der Waals surface area contributed by atoms with Gasteiger partial charge in [0.15, 0.2) is 5.65 Å². The third-order valence-electron chi connectivity index (χ3n) is 3.66. The van der Waals surface area contributed by atoms with Crippen molar-refractivity contribution < 1.29 is 9.90 Å². The zero-order chi connectivity index (χ0) is 13.3. The van der Waals surface area contributed by atoms with Gasteiger partial charge in [-0.3, -0.25) is 9.78 Å². The quantitative estimate of drug-likeness (QED) is 0.767. The maximum absolute atomic E-state index is 12.1. The lowest BCUT2D eigenvalue weighted by Crippen LogP contribution is -2.40. The van der Waals surface area contributed by atoms with E-state index < -0.39 is 5.60 Å². The minimum Gasteiger partial charge on any atom is -0.388 e. The molecule has 0 saturated heterocycles. The molecule has 6 heteroatoms. The van der Waals surface area contributed by atoms with Crippen molar-refractivity contribution in [3.8, 4) is 0 Å². The highest BCUT2D eigenvalue weighted by molar-refractivity contribution is 6.04. The Balaban J connectivity index is 1.73. The molecule has 0 aliphatic heterocycles. The fraction of sp³-hybridized carbons (Fsp3) is 0.462. The Bertz CT molecular complexity index is 601. The molecule has 19 heavy (non-hydrogen) atoms. The summed E-state index contributed by atoms with van der Waals surface area (Å²) in [6.45, 7) is 0.290. The summed E-state index contributed by atoms with van der Waals surface area (Å²) < 4.78 is 0. The molecule has 2 aromatic heterocycles. The summed E-state index contributed by atoms with van der Waals surface area (Å²) in [5, 5.41) is 13.0. The van der Waals surface area contributed by atoms with Crippen LogP contribution in [0.5, 0.6) is 0 Å². The maximum Gasteiger partial charge on any atom is 0.255 e. The zero-order valence-electron chi connectivity index (χ0n) is 10.5. The Kier molecular flexibility index (Phi) is 2.94. The molecule has 0 unspecified atom stereocenters. The number of amides is 1. The Morgan fingerprint density at radius 3 is 2.89 bits per heavy atom. The molecule has 3 rings (SSSR count). The molecule has 1 amide bonds. The molecule has 2 aromatic rings. The number of rotatable bonds is 3. The van der Waals surface area contributed by atoms with Crippen LogP contribution in [0.15, 0.2) is 18.6 Å². The van der Waals surface area contributed by atoms with E-state index in [1.165, 1.54) is 0 Å². The summed E-state index contributed by atoms with van der Waals surface area (Å²) in [6, 6.07) is 0. The number of hydrogen-bond donors (Lipinski definition) is 3. The van der Waals surface area contributed by atoms with Gasteiger partial charge < -0.3 is 15.4 Å². The standard InChI is InChI=1S/C13H16N4O2/c18-12(17-8-13(19)3-1-2-4-13)9-7-16-11-10(9)14-5-6-15-11/h5-7,19H,1-4,8H2,(H,15,16)(H,17,18). The molecule has 2 heterocycles. The average molecular weight is 260 g/mol. The van der Waals surface area contributed by atoms with Gasteiger partial charge in [-0.25, -0.2) is 4.98 Å². The van der Waals surface area contributed by atoms with Crippen LogP contribution >= 0.6 is 0 Å². The van der Waals surface area contributed by atoms with Crippen LogP contribution in [0.1, 0.15) is 36.0 Å². The van der Waals surface area contributed by atoms with E-state index in [9.17, 15) is 9.90 Å². The van der Waals surface area contributed by atoms with E-state index in [4.69, 9.17) is 0 Å². The number of fused-ring (bicyclic) bond motifs is 1. The van der Waals surface area contributed by atoms with Gasteiger partial charge in [-0.1, -0.05) is 12.8 Å². The molecule has 0 aromatic carbocycles. The molecule has 0 atom stereocenters. The average Bonchev–Trinajstić information content (AvgIpc) is 3.03. The van der Waals surface area contributed by atoms with Gasteiger partial charge in [0.2, 0.25) is 0 Å². The molecule has 1 fully saturated rings. The van der Waals surface area contributed by atoms with Gasteiger partial charge >= 0.3 is 0 Å². The highest BCUT2D eigenvalue weighted by Gasteiger charge is 2.31.